The van der Waals surface area contributed by atoms with Gasteiger partial charge in [-0.1, -0.05) is 30.6 Å². The van der Waals surface area contributed by atoms with Crippen LogP contribution in [-0.4, -0.2) is 17.6 Å². The molecule has 0 N–H and O–H groups in total. The van der Waals surface area contributed by atoms with Crippen LogP contribution in [0.2, 0.25) is 5.02 Å². The third-order valence-corrected chi connectivity index (χ3v) is 2.99. The summed E-state index contributed by atoms with van der Waals surface area (Å²) < 4.78 is 10.9. The van der Waals surface area contributed by atoms with Crippen molar-refractivity contribution in [2.24, 2.45) is 5.92 Å². The van der Waals surface area contributed by atoms with Crippen LogP contribution in [-0.2, 0) is 6.42 Å². The third-order valence-electron chi connectivity index (χ3n) is 2.50. The van der Waals surface area contributed by atoms with E-state index in [0.29, 0.717) is 41.2 Å². The van der Waals surface area contributed by atoms with Crippen LogP contribution in [0.15, 0.2) is 16.7 Å². The number of ether oxygens (including phenoxy) is 1. The number of nitrogens with zero attached hydrogens (tertiary/aromatic N) is 1. The molecule has 0 saturated heterocycles. The van der Waals surface area contributed by atoms with E-state index in [4.69, 9.17) is 32.5 Å². The van der Waals surface area contributed by atoms with Crippen molar-refractivity contribution in [3.05, 3.63) is 22.8 Å². The number of alkyl halides is 1. The van der Waals surface area contributed by atoms with Crippen molar-refractivity contribution in [1.29, 1.82) is 0 Å². The first-order valence-electron chi connectivity index (χ1n) is 5.88. The lowest BCUT2D eigenvalue weighted by Gasteiger charge is -2.09. The van der Waals surface area contributed by atoms with Crippen molar-refractivity contribution in [3.63, 3.8) is 0 Å². The van der Waals surface area contributed by atoms with E-state index in [1.54, 1.807) is 6.07 Å². The lowest BCUT2D eigenvalue weighted by Crippen LogP contribution is -2.04. The van der Waals surface area contributed by atoms with Crippen molar-refractivity contribution in [2.75, 3.05) is 12.5 Å². The Kier molecular flexibility index (Phi) is 4.36. The van der Waals surface area contributed by atoms with Gasteiger partial charge in [0.1, 0.15) is 5.75 Å². The molecule has 0 amide bonds. The summed E-state index contributed by atoms with van der Waals surface area (Å²) in [7, 11) is 0. The number of hydrogen-bond donors (Lipinski definition) is 0. The molecule has 2 aromatic rings. The van der Waals surface area contributed by atoms with E-state index in [1.807, 2.05) is 6.07 Å². The molecule has 0 radical (unpaired) electrons. The summed E-state index contributed by atoms with van der Waals surface area (Å²) in [6.07, 6.45) is 0.664. The largest absolute Gasteiger partial charge is 0.492 e. The summed E-state index contributed by atoms with van der Waals surface area (Å²) in [6, 6.07) is 3.61. The van der Waals surface area contributed by atoms with Gasteiger partial charge >= 0.3 is 0 Å². The first kappa shape index (κ1) is 13.5. The molecule has 0 saturated carbocycles. The van der Waals surface area contributed by atoms with Gasteiger partial charge in [-0.15, -0.1) is 11.6 Å². The molecule has 0 spiro atoms. The Balaban J connectivity index is 2.32. The fourth-order valence-corrected chi connectivity index (χ4v) is 2.02. The fraction of sp³-hybridized carbons (Fsp3) is 0.462. The number of rotatable bonds is 5. The highest BCUT2D eigenvalue weighted by Crippen LogP contribution is 2.32. The minimum absolute atomic E-state index is 0.443. The summed E-state index contributed by atoms with van der Waals surface area (Å²) in [5.74, 6) is 1.58. The average molecular weight is 288 g/mol. The maximum Gasteiger partial charge on any atom is 0.170 e. The number of aromatic nitrogens is 1. The van der Waals surface area contributed by atoms with E-state index in [9.17, 15) is 0 Å². The van der Waals surface area contributed by atoms with Gasteiger partial charge < -0.3 is 9.26 Å². The Bertz CT molecular complexity index is 537. The lowest BCUT2D eigenvalue weighted by molar-refractivity contribution is 0.271. The Labute approximate surface area is 116 Å². The van der Waals surface area contributed by atoms with Gasteiger partial charge in [0, 0.05) is 23.8 Å². The van der Waals surface area contributed by atoms with Crippen LogP contribution < -0.4 is 4.74 Å². The first-order valence-corrected chi connectivity index (χ1v) is 6.79. The van der Waals surface area contributed by atoms with Gasteiger partial charge in [0.2, 0.25) is 0 Å². The van der Waals surface area contributed by atoms with Gasteiger partial charge in [0.25, 0.3) is 0 Å². The van der Waals surface area contributed by atoms with Crippen LogP contribution in [0.5, 0.6) is 5.75 Å². The Hall–Kier alpha value is -0.930. The van der Waals surface area contributed by atoms with E-state index < -0.39 is 0 Å². The van der Waals surface area contributed by atoms with Crippen LogP contribution in [0.4, 0.5) is 0 Å². The zero-order valence-electron chi connectivity index (χ0n) is 10.4. The van der Waals surface area contributed by atoms with Crippen LogP contribution in [0.1, 0.15) is 19.5 Å². The molecule has 0 bridgehead atoms. The Morgan fingerprint density at radius 3 is 2.83 bits per heavy atom. The molecule has 0 atom stereocenters. The molecule has 0 aliphatic carbocycles. The second-order valence-electron chi connectivity index (χ2n) is 4.55. The molecule has 2 rings (SSSR count). The SMILES string of the molecule is CC(C)COc1cc2onc(CCCl)c2cc1Cl. The van der Waals surface area contributed by atoms with Gasteiger partial charge in [0.15, 0.2) is 5.58 Å². The molecule has 1 heterocycles. The molecule has 1 aromatic heterocycles. The van der Waals surface area contributed by atoms with Crippen LogP contribution in [0, 0.1) is 5.92 Å². The van der Waals surface area contributed by atoms with E-state index in [0.717, 1.165) is 11.1 Å². The predicted octanol–water partition coefficient (Wildman–Crippen LogP) is 4.30. The summed E-state index contributed by atoms with van der Waals surface area (Å²) >= 11 is 11.9. The van der Waals surface area contributed by atoms with Crippen molar-refractivity contribution in [1.82, 2.24) is 5.16 Å². The van der Waals surface area contributed by atoms with Crippen molar-refractivity contribution < 1.29 is 9.26 Å². The highest BCUT2D eigenvalue weighted by atomic mass is 35.5. The van der Waals surface area contributed by atoms with E-state index in [-0.39, 0.29) is 0 Å². The van der Waals surface area contributed by atoms with Crippen molar-refractivity contribution in [2.45, 2.75) is 20.3 Å². The highest BCUT2D eigenvalue weighted by molar-refractivity contribution is 6.32. The Morgan fingerprint density at radius 2 is 2.17 bits per heavy atom. The van der Waals surface area contributed by atoms with Gasteiger partial charge in [-0.2, -0.15) is 0 Å². The minimum Gasteiger partial charge on any atom is -0.492 e. The zero-order valence-corrected chi connectivity index (χ0v) is 11.9. The summed E-state index contributed by atoms with van der Waals surface area (Å²) in [4.78, 5) is 0. The van der Waals surface area contributed by atoms with E-state index >= 15 is 0 Å². The maximum atomic E-state index is 6.19. The summed E-state index contributed by atoms with van der Waals surface area (Å²) in [5, 5.41) is 5.46. The van der Waals surface area contributed by atoms with Crippen molar-refractivity contribution >= 4 is 34.2 Å². The summed E-state index contributed by atoms with van der Waals surface area (Å²) in [6.45, 7) is 4.78. The number of aryl methyl sites for hydroxylation is 1. The second kappa shape index (κ2) is 5.81. The average Bonchev–Trinajstić information content (AvgIpc) is 2.69. The molecular formula is C13H15Cl2NO2. The molecule has 0 aliphatic rings. The number of fused-ring (bicyclic) bond motifs is 1. The second-order valence-corrected chi connectivity index (χ2v) is 5.34. The molecule has 0 unspecified atom stereocenters. The molecule has 18 heavy (non-hydrogen) atoms. The summed E-state index contributed by atoms with van der Waals surface area (Å²) in [5.41, 5.74) is 1.51. The quantitative estimate of drug-likeness (QED) is 0.769. The fourth-order valence-electron chi connectivity index (χ4n) is 1.63. The molecule has 3 nitrogen and oxygen atoms in total. The molecule has 1 aromatic carbocycles. The topological polar surface area (TPSA) is 35.3 Å². The monoisotopic (exact) mass is 287 g/mol. The number of hydrogen-bond acceptors (Lipinski definition) is 3. The first-order chi connectivity index (χ1) is 8.61. The third kappa shape index (κ3) is 2.90. The van der Waals surface area contributed by atoms with Gasteiger partial charge in [-0.3, -0.25) is 0 Å². The van der Waals surface area contributed by atoms with E-state index in [2.05, 4.69) is 19.0 Å². The van der Waals surface area contributed by atoms with E-state index in [1.165, 1.54) is 0 Å². The van der Waals surface area contributed by atoms with Gasteiger partial charge in [-0.25, -0.2) is 0 Å². The molecular weight excluding hydrogens is 273 g/mol. The minimum atomic E-state index is 0.443. The molecule has 0 aliphatic heterocycles. The number of halogens is 2. The molecule has 98 valence electrons. The normalized spacial score (nSPS) is 11.4. The molecule has 5 heteroatoms. The highest BCUT2D eigenvalue weighted by Gasteiger charge is 2.12. The van der Waals surface area contributed by atoms with Crippen LogP contribution >= 0.6 is 23.2 Å². The maximum absolute atomic E-state index is 6.19. The Morgan fingerprint density at radius 1 is 1.39 bits per heavy atom. The molecule has 0 fully saturated rings. The van der Waals surface area contributed by atoms with Crippen LogP contribution in [0.25, 0.3) is 11.0 Å². The predicted molar refractivity (Wildman–Crippen MR) is 73.8 cm³/mol. The van der Waals surface area contributed by atoms with Gasteiger partial charge in [-0.05, 0) is 12.0 Å². The smallest absolute Gasteiger partial charge is 0.170 e. The van der Waals surface area contributed by atoms with Crippen LogP contribution in [0.3, 0.4) is 0 Å². The van der Waals surface area contributed by atoms with Gasteiger partial charge in [0.05, 0.1) is 17.3 Å². The number of benzene rings is 1. The zero-order chi connectivity index (χ0) is 13.1. The standard InChI is InChI=1S/C13H15Cl2NO2/c1-8(2)7-17-13-6-12-9(5-10(13)15)11(3-4-14)16-18-12/h5-6,8H,3-4,7H2,1-2H3. The lowest BCUT2D eigenvalue weighted by atomic mass is 10.2. The van der Waals surface area contributed by atoms with Crippen molar-refractivity contribution in [3.8, 4) is 5.75 Å².